The Balaban J connectivity index is 1.81. The third-order valence-electron chi connectivity index (χ3n) is 4.64. The first-order valence-electron chi connectivity index (χ1n) is 8.92. The summed E-state index contributed by atoms with van der Waals surface area (Å²) in [5, 5.41) is 12.4. The number of hydrogen-bond acceptors (Lipinski definition) is 3. The molecular weight excluding hydrogens is 392 g/mol. The van der Waals surface area contributed by atoms with Gasteiger partial charge in [-0.05, 0) is 37.1 Å². The number of aromatic nitrogens is 1. The number of amides is 1. The quantitative estimate of drug-likeness (QED) is 0.579. The van der Waals surface area contributed by atoms with Crippen molar-refractivity contribution in [1.82, 2.24) is 4.57 Å². The Morgan fingerprint density at radius 2 is 1.90 bits per heavy atom. The molecule has 0 spiro atoms. The van der Waals surface area contributed by atoms with Crippen molar-refractivity contribution < 1.29 is 13.6 Å². The molecule has 0 aliphatic heterocycles. The highest BCUT2D eigenvalue weighted by Crippen LogP contribution is 2.28. The maximum absolute atomic E-state index is 13.8. The molecule has 7 heteroatoms. The minimum atomic E-state index is -0.709. The van der Waals surface area contributed by atoms with Gasteiger partial charge in [-0.2, -0.15) is 5.26 Å². The SMILES string of the molecule is Cc1c(C#N)c(NC(=O)CSc2ccc(F)cc2F)n(Cc2ccccc2)c1C. The van der Waals surface area contributed by atoms with Gasteiger partial charge in [-0.3, -0.25) is 4.79 Å². The topological polar surface area (TPSA) is 57.8 Å². The molecule has 2 aromatic carbocycles. The van der Waals surface area contributed by atoms with Crippen LogP contribution in [0.1, 0.15) is 22.4 Å². The van der Waals surface area contributed by atoms with Crippen LogP contribution in [0.25, 0.3) is 0 Å². The van der Waals surface area contributed by atoms with Crippen LogP contribution in [0.4, 0.5) is 14.6 Å². The van der Waals surface area contributed by atoms with Crippen molar-refractivity contribution in [3.05, 3.63) is 82.5 Å². The zero-order valence-corrected chi connectivity index (χ0v) is 16.8. The van der Waals surface area contributed by atoms with Crippen LogP contribution in [0.3, 0.4) is 0 Å². The second-order valence-corrected chi connectivity index (χ2v) is 7.55. The largest absolute Gasteiger partial charge is 0.326 e. The van der Waals surface area contributed by atoms with E-state index in [1.807, 2.05) is 48.7 Å². The number of hydrogen-bond donors (Lipinski definition) is 1. The smallest absolute Gasteiger partial charge is 0.235 e. The number of carbonyl (C=O) groups is 1. The van der Waals surface area contributed by atoms with Gasteiger partial charge in [-0.25, -0.2) is 8.78 Å². The lowest BCUT2D eigenvalue weighted by atomic mass is 10.2. The lowest BCUT2D eigenvalue weighted by molar-refractivity contribution is -0.113. The van der Waals surface area contributed by atoms with Crippen LogP contribution in [-0.4, -0.2) is 16.2 Å². The third-order valence-corrected chi connectivity index (χ3v) is 5.68. The molecule has 0 fully saturated rings. The van der Waals surface area contributed by atoms with E-state index in [-0.39, 0.29) is 16.6 Å². The van der Waals surface area contributed by atoms with Crippen LogP contribution in [0.15, 0.2) is 53.4 Å². The first-order chi connectivity index (χ1) is 13.9. The van der Waals surface area contributed by atoms with Crippen molar-refractivity contribution in [2.45, 2.75) is 25.3 Å². The molecule has 1 N–H and O–H groups in total. The van der Waals surface area contributed by atoms with E-state index < -0.39 is 11.6 Å². The molecule has 0 aliphatic carbocycles. The fourth-order valence-electron chi connectivity index (χ4n) is 3.00. The molecule has 1 heterocycles. The van der Waals surface area contributed by atoms with E-state index >= 15 is 0 Å². The molecule has 1 amide bonds. The van der Waals surface area contributed by atoms with Crippen LogP contribution in [0, 0.1) is 36.8 Å². The Morgan fingerprint density at radius 1 is 1.17 bits per heavy atom. The van der Waals surface area contributed by atoms with E-state index in [0.29, 0.717) is 17.9 Å². The van der Waals surface area contributed by atoms with Crippen molar-refractivity contribution >= 4 is 23.5 Å². The standard InChI is InChI=1S/C22H19F2N3OS/c1-14-15(2)27(12-16-6-4-3-5-7-16)22(18(14)11-25)26-21(28)13-29-20-9-8-17(23)10-19(20)24/h3-10H,12-13H2,1-2H3,(H,26,28). The number of rotatable bonds is 6. The van der Waals surface area contributed by atoms with Crippen LogP contribution >= 0.6 is 11.8 Å². The average molecular weight is 411 g/mol. The van der Waals surface area contributed by atoms with E-state index in [0.717, 1.165) is 40.7 Å². The minimum Gasteiger partial charge on any atom is -0.326 e. The highest BCUT2D eigenvalue weighted by molar-refractivity contribution is 8.00. The van der Waals surface area contributed by atoms with Gasteiger partial charge in [0, 0.05) is 23.2 Å². The predicted molar refractivity (Wildman–Crippen MR) is 110 cm³/mol. The van der Waals surface area contributed by atoms with E-state index in [4.69, 9.17) is 0 Å². The first-order valence-corrected chi connectivity index (χ1v) is 9.90. The maximum Gasteiger partial charge on any atom is 0.235 e. The molecule has 1 aromatic heterocycles. The van der Waals surface area contributed by atoms with Crippen LogP contribution in [0.5, 0.6) is 0 Å². The van der Waals surface area contributed by atoms with Crippen LogP contribution in [-0.2, 0) is 11.3 Å². The molecule has 0 bridgehead atoms. The maximum atomic E-state index is 13.8. The molecule has 0 radical (unpaired) electrons. The average Bonchev–Trinajstić information content (AvgIpc) is 2.92. The van der Waals surface area contributed by atoms with E-state index in [1.165, 1.54) is 6.07 Å². The highest BCUT2D eigenvalue weighted by Gasteiger charge is 2.20. The molecule has 3 aromatic rings. The van der Waals surface area contributed by atoms with Gasteiger partial charge in [-0.1, -0.05) is 30.3 Å². The molecular formula is C22H19F2N3OS. The normalized spacial score (nSPS) is 10.6. The van der Waals surface area contributed by atoms with Crippen LogP contribution in [0.2, 0.25) is 0 Å². The molecule has 0 saturated carbocycles. The molecule has 0 atom stereocenters. The second kappa shape index (κ2) is 8.93. The molecule has 3 rings (SSSR count). The Morgan fingerprint density at radius 3 is 2.55 bits per heavy atom. The fraction of sp³-hybridized carbons (Fsp3) is 0.182. The zero-order valence-electron chi connectivity index (χ0n) is 16.0. The molecule has 0 saturated heterocycles. The summed E-state index contributed by atoms with van der Waals surface area (Å²) in [6.07, 6.45) is 0. The Labute approximate surface area is 172 Å². The number of halogens is 2. The van der Waals surface area contributed by atoms with Gasteiger partial charge in [0.2, 0.25) is 5.91 Å². The lowest BCUT2D eigenvalue weighted by Gasteiger charge is -2.13. The summed E-state index contributed by atoms with van der Waals surface area (Å²) in [4.78, 5) is 12.7. The van der Waals surface area contributed by atoms with Gasteiger partial charge >= 0.3 is 0 Å². The first kappa shape index (κ1) is 20.6. The Kier molecular flexibility index (Phi) is 6.35. The number of carbonyl (C=O) groups excluding carboxylic acids is 1. The monoisotopic (exact) mass is 411 g/mol. The Bertz CT molecular complexity index is 1090. The summed E-state index contributed by atoms with van der Waals surface area (Å²) in [7, 11) is 0. The van der Waals surface area contributed by atoms with E-state index in [1.54, 1.807) is 0 Å². The van der Waals surface area contributed by atoms with Crippen molar-refractivity contribution in [2.75, 3.05) is 11.1 Å². The van der Waals surface area contributed by atoms with Crippen molar-refractivity contribution in [3.8, 4) is 6.07 Å². The number of nitriles is 1. The highest BCUT2D eigenvalue weighted by atomic mass is 32.2. The summed E-state index contributed by atoms with van der Waals surface area (Å²) in [5.74, 6) is -1.39. The second-order valence-electron chi connectivity index (χ2n) is 6.53. The number of thioether (sulfide) groups is 1. The summed E-state index contributed by atoms with van der Waals surface area (Å²) in [6.45, 7) is 4.25. The van der Waals surface area contributed by atoms with Gasteiger partial charge in [0.1, 0.15) is 23.5 Å². The number of anilines is 1. The predicted octanol–water partition coefficient (Wildman–Crippen LogP) is 5.03. The van der Waals surface area contributed by atoms with Gasteiger partial charge in [-0.15, -0.1) is 11.8 Å². The molecule has 29 heavy (non-hydrogen) atoms. The van der Waals surface area contributed by atoms with Gasteiger partial charge in [0.25, 0.3) is 0 Å². The number of benzene rings is 2. The zero-order chi connectivity index (χ0) is 21.0. The lowest BCUT2D eigenvalue weighted by Crippen LogP contribution is -2.18. The summed E-state index contributed by atoms with van der Waals surface area (Å²) < 4.78 is 28.7. The van der Waals surface area contributed by atoms with Crippen molar-refractivity contribution in [2.24, 2.45) is 0 Å². The fourth-order valence-corrected chi connectivity index (χ4v) is 3.72. The molecule has 0 aliphatic rings. The van der Waals surface area contributed by atoms with Crippen LogP contribution < -0.4 is 5.32 Å². The Hall–Kier alpha value is -3.11. The van der Waals surface area contributed by atoms with Gasteiger partial charge in [0.05, 0.1) is 11.3 Å². The summed E-state index contributed by atoms with van der Waals surface area (Å²) >= 11 is 0.972. The molecule has 0 unspecified atom stereocenters. The number of nitrogens with zero attached hydrogens (tertiary/aromatic N) is 2. The van der Waals surface area contributed by atoms with Crippen molar-refractivity contribution in [1.29, 1.82) is 5.26 Å². The van der Waals surface area contributed by atoms with Crippen molar-refractivity contribution in [3.63, 3.8) is 0 Å². The van der Waals surface area contributed by atoms with E-state index in [9.17, 15) is 18.8 Å². The molecule has 4 nitrogen and oxygen atoms in total. The van der Waals surface area contributed by atoms with Gasteiger partial charge < -0.3 is 9.88 Å². The molecule has 148 valence electrons. The summed E-state index contributed by atoms with van der Waals surface area (Å²) in [6, 6.07) is 15.1. The third kappa shape index (κ3) is 4.66. The number of nitrogens with one attached hydrogen (secondary N) is 1. The summed E-state index contributed by atoms with van der Waals surface area (Å²) in [5.41, 5.74) is 3.13. The van der Waals surface area contributed by atoms with E-state index in [2.05, 4.69) is 11.4 Å². The minimum absolute atomic E-state index is 0.0674. The van der Waals surface area contributed by atoms with Gasteiger partial charge in [0.15, 0.2) is 0 Å².